The maximum atomic E-state index is 11.8. The zero-order valence-electron chi connectivity index (χ0n) is 12.2. The lowest BCUT2D eigenvalue weighted by Crippen LogP contribution is -2.26. The Morgan fingerprint density at radius 3 is 2.32 bits per heavy atom. The third kappa shape index (κ3) is 2.94. The van der Waals surface area contributed by atoms with Crippen LogP contribution in [0.5, 0.6) is 0 Å². The lowest BCUT2D eigenvalue weighted by Gasteiger charge is -2.29. The number of anilines is 1. The molecule has 0 amide bonds. The normalized spacial score (nSPS) is 16.5. The van der Waals surface area contributed by atoms with Crippen LogP contribution in [-0.4, -0.2) is 21.7 Å². The Balaban J connectivity index is 2.47. The molecule has 0 radical (unpaired) electrons. The van der Waals surface area contributed by atoms with Gasteiger partial charge >= 0.3 is 0 Å². The minimum Gasteiger partial charge on any atom is -0.273 e. The quantitative estimate of drug-likeness (QED) is 0.847. The molecule has 1 fully saturated rings. The molecule has 1 aromatic carbocycles. The number of hydrogen-bond acceptors (Lipinski definition) is 2. The van der Waals surface area contributed by atoms with Crippen molar-refractivity contribution in [1.29, 1.82) is 0 Å². The summed E-state index contributed by atoms with van der Waals surface area (Å²) in [5.74, 6) is 0.933. The van der Waals surface area contributed by atoms with E-state index in [0.29, 0.717) is 11.8 Å². The molecule has 1 aromatic rings. The van der Waals surface area contributed by atoms with Crippen LogP contribution >= 0.6 is 0 Å². The van der Waals surface area contributed by atoms with Crippen molar-refractivity contribution in [2.45, 2.75) is 44.9 Å². The highest BCUT2D eigenvalue weighted by Gasteiger charge is 2.23. The molecule has 0 atom stereocenters. The van der Waals surface area contributed by atoms with E-state index in [1.807, 2.05) is 0 Å². The lowest BCUT2D eigenvalue weighted by molar-refractivity contribution is 0.420. The van der Waals surface area contributed by atoms with Crippen molar-refractivity contribution in [3.05, 3.63) is 29.3 Å². The molecular formula is C15H23NO2S. The van der Waals surface area contributed by atoms with Crippen LogP contribution < -0.4 is 4.31 Å². The van der Waals surface area contributed by atoms with E-state index < -0.39 is 10.0 Å². The van der Waals surface area contributed by atoms with Crippen LogP contribution in [0.2, 0.25) is 0 Å². The topological polar surface area (TPSA) is 37.4 Å². The van der Waals surface area contributed by atoms with Crippen LogP contribution in [0.15, 0.2) is 18.2 Å². The summed E-state index contributed by atoms with van der Waals surface area (Å²) < 4.78 is 25.0. The van der Waals surface area contributed by atoms with Crippen LogP contribution in [0.25, 0.3) is 0 Å². The summed E-state index contributed by atoms with van der Waals surface area (Å²) in [7, 11) is -1.57. The molecule has 0 bridgehead atoms. The van der Waals surface area contributed by atoms with Gasteiger partial charge in [0.2, 0.25) is 10.0 Å². The zero-order chi connectivity index (χ0) is 14.2. The summed E-state index contributed by atoms with van der Waals surface area (Å²) in [6.07, 6.45) is 4.99. The minimum absolute atomic E-state index is 0.314. The molecule has 0 aliphatic heterocycles. The van der Waals surface area contributed by atoms with Gasteiger partial charge in [-0.05, 0) is 41.9 Å². The monoisotopic (exact) mass is 281 g/mol. The number of rotatable bonds is 4. The number of hydrogen-bond donors (Lipinski definition) is 0. The molecule has 106 valence electrons. The first-order chi connectivity index (χ1) is 8.80. The third-order valence-electron chi connectivity index (χ3n) is 4.09. The largest absolute Gasteiger partial charge is 0.273 e. The fourth-order valence-corrected chi connectivity index (χ4v) is 3.01. The van der Waals surface area contributed by atoms with E-state index in [-0.39, 0.29) is 0 Å². The van der Waals surface area contributed by atoms with Crippen LogP contribution in [0.3, 0.4) is 0 Å². The van der Waals surface area contributed by atoms with Gasteiger partial charge in [-0.15, -0.1) is 0 Å². The molecule has 3 nitrogen and oxygen atoms in total. The van der Waals surface area contributed by atoms with E-state index in [1.165, 1.54) is 35.4 Å². The average molecular weight is 281 g/mol. The highest BCUT2D eigenvalue weighted by atomic mass is 32.2. The average Bonchev–Trinajstić information content (AvgIpc) is 2.24. The molecule has 0 aromatic heterocycles. The second-order valence-corrected chi connectivity index (χ2v) is 7.85. The second kappa shape index (κ2) is 5.16. The Hall–Kier alpha value is -1.03. The highest BCUT2D eigenvalue weighted by molar-refractivity contribution is 7.92. The molecule has 1 aliphatic rings. The first-order valence-electron chi connectivity index (χ1n) is 6.88. The minimum atomic E-state index is -3.21. The summed E-state index contributed by atoms with van der Waals surface area (Å²) in [4.78, 5) is 0. The van der Waals surface area contributed by atoms with Gasteiger partial charge in [-0.25, -0.2) is 8.42 Å². The predicted molar refractivity (Wildman–Crippen MR) is 80.4 cm³/mol. The highest BCUT2D eigenvalue weighted by Crippen LogP contribution is 2.39. The van der Waals surface area contributed by atoms with Crippen LogP contribution in [-0.2, 0) is 10.0 Å². The van der Waals surface area contributed by atoms with E-state index in [1.54, 1.807) is 7.05 Å². The van der Waals surface area contributed by atoms with Gasteiger partial charge < -0.3 is 0 Å². The second-order valence-electron chi connectivity index (χ2n) is 5.83. The number of sulfonamides is 1. The first kappa shape index (κ1) is 14.4. The van der Waals surface area contributed by atoms with Crippen molar-refractivity contribution in [3.8, 4) is 0 Å². The zero-order valence-corrected chi connectivity index (χ0v) is 13.0. The summed E-state index contributed by atoms with van der Waals surface area (Å²) in [6, 6.07) is 6.33. The van der Waals surface area contributed by atoms with Gasteiger partial charge in [-0.3, -0.25) is 4.31 Å². The van der Waals surface area contributed by atoms with Gasteiger partial charge in [0.1, 0.15) is 0 Å². The van der Waals surface area contributed by atoms with Gasteiger partial charge in [0.15, 0.2) is 0 Å². The molecule has 4 heteroatoms. The fraction of sp³-hybridized carbons (Fsp3) is 0.600. The molecule has 1 aliphatic carbocycles. The standard InChI is InChI=1S/C15H23NO2S/c1-11(2)14-9-8-13(12-6-5-7-12)10-15(14)16(3)19(4,17)18/h8-12H,5-7H2,1-4H3. The Bertz CT molecular complexity index is 560. The van der Waals surface area contributed by atoms with E-state index in [2.05, 4.69) is 32.0 Å². The van der Waals surface area contributed by atoms with E-state index in [0.717, 1.165) is 11.3 Å². The lowest BCUT2D eigenvalue weighted by atomic mass is 9.79. The van der Waals surface area contributed by atoms with Crippen molar-refractivity contribution in [2.24, 2.45) is 0 Å². The molecule has 19 heavy (non-hydrogen) atoms. The van der Waals surface area contributed by atoms with Gasteiger partial charge in [-0.1, -0.05) is 32.4 Å². The molecule has 0 heterocycles. The molecule has 1 saturated carbocycles. The first-order valence-corrected chi connectivity index (χ1v) is 8.73. The van der Waals surface area contributed by atoms with E-state index >= 15 is 0 Å². The fourth-order valence-electron chi connectivity index (χ4n) is 2.50. The van der Waals surface area contributed by atoms with Gasteiger partial charge in [0.05, 0.1) is 11.9 Å². The van der Waals surface area contributed by atoms with Crippen molar-refractivity contribution >= 4 is 15.7 Å². The van der Waals surface area contributed by atoms with Crippen molar-refractivity contribution in [2.75, 3.05) is 17.6 Å². The van der Waals surface area contributed by atoms with Crippen molar-refractivity contribution in [1.82, 2.24) is 0 Å². The SMILES string of the molecule is CC(C)c1ccc(C2CCC2)cc1N(C)S(C)(=O)=O. The summed E-state index contributed by atoms with van der Waals surface area (Å²) in [5.41, 5.74) is 3.21. The number of benzene rings is 1. The van der Waals surface area contributed by atoms with Crippen molar-refractivity contribution in [3.63, 3.8) is 0 Å². The van der Waals surface area contributed by atoms with Gasteiger partial charge in [0, 0.05) is 7.05 Å². The molecule has 0 N–H and O–H groups in total. The van der Waals surface area contributed by atoms with Crippen LogP contribution in [0.4, 0.5) is 5.69 Å². The predicted octanol–water partition coefficient (Wildman–Crippen LogP) is 3.47. The Kier molecular flexibility index (Phi) is 3.90. The molecule has 0 unspecified atom stereocenters. The third-order valence-corrected chi connectivity index (χ3v) is 5.28. The van der Waals surface area contributed by atoms with Gasteiger partial charge in [0.25, 0.3) is 0 Å². The molecule has 2 rings (SSSR count). The van der Waals surface area contributed by atoms with E-state index in [4.69, 9.17) is 0 Å². The van der Waals surface area contributed by atoms with Crippen molar-refractivity contribution < 1.29 is 8.42 Å². The molecule has 0 saturated heterocycles. The number of nitrogens with zero attached hydrogens (tertiary/aromatic N) is 1. The molecular weight excluding hydrogens is 258 g/mol. The van der Waals surface area contributed by atoms with Gasteiger partial charge in [-0.2, -0.15) is 0 Å². The summed E-state index contributed by atoms with van der Waals surface area (Å²) >= 11 is 0. The molecule has 0 spiro atoms. The summed E-state index contributed by atoms with van der Waals surface area (Å²) in [5, 5.41) is 0. The van der Waals surface area contributed by atoms with E-state index in [9.17, 15) is 8.42 Å². The van der Waals surface area contributed by atoms with Crippen LogP contribution in [0.1, 0.15) is 56.1 Å². The Morgan fingerprint density at radius 2 is 1.89 bits per heavy atom. The smallest absolute Gasteiger partial charge is 0.232 e. The maximum Gasteiger partial charge on any atom is 0.232 e. The summed E-state index contributed by atoms with van der Waals surface area (Å²) in [6.45, 7) is 4.19. The Morgan fingerprint density at radius 1 is 1.26 bits per heavy atom. The Labute approximate surface area is 116 Å². The van der Waals surface area contributed by atoms with Crippen LogP contribution in [0, 0.1) is 0 Å². The maximum absolute atomic E-state index is 11.8.